The number of rotatable bonds is 4. The molecule has 23 heavy (non-hydrogen) atoms. The summed E-state index contributed by atoms with van der Waals surface area (Å²) in [4.78, 5) is 14.6. The molecule has 1 aliphatic carbocycles. The Hall–Kier alpha value is -0.770. The minimum Gasteiger partial charge on any atom is -0.444 e. The van der Waals surface area contributed by atoms with E-state index in [0.29, 0.717) is 18.1 Å². The van der Waals surface area contributed by atoms with E-state index in [9.17, 15) is 4.79 Å². The van der Waals surface area contributed by atoms with Gasteiger partial charge < -0.3 is 15.0 Å². The molecule has 2 fully saturated rings. The monoisotopic (exact) mass is 324 g/mol. The first kappa shape index (κ1) is 18.6. The number of nitrogens with zero attached hydrogens (tertiary/aromatic N) is 1. The van der Waals surface area contributed by atoms with Crippen molar-refractivity contribution in [2.75, 3.05) is 6.54 Å². The molecule has 4 heteroatoms. The minimum atomic E-state index is -0.417. The van der Waals surface area contributed by atoms with Gasteiger partial charge in [-0.25, -0.2) is 4.79 Å². The smallest absolute Gasteiger partial charge is 0.410 e. The predicted octanol–water partition coefficient (Wildman–Crippen LogP) is 4.33. The van der Waals surface area contributed by atoms with Crippen molar-refractivity contribution in [2.45, 2.75) is 103 Å². The number of likely N-dealkylation sites (tertiary alicyclic amines) is 1. The molecule has 1 aliphatic heterocycles. The molecule has 2 rings (SSSR count). The van der Waals surface area contributed by atoms with E-state index < -0.39 is 5.60 Å². The Bertz CT molecular complexity index is 385. The van der Waals surface area contributed by atoms with Crippen molar-refractivity contribution in [3.8, 4) is 0 Å². The Morgan fingerprint density at radius 1 is 1.26 bits per heavy atom. The maximum atomic E-state index is 12.6. The quantitative estimate of drug-likeness (QED) is 0.836. The average Bonchev–Trinajstić information content (AvgIpc) is 2.60. The normalized spacial score (nSPS) is 30.3. The van der Waals surface area contributed by atoms with Gasteiger partial charge in [0.05, 0.1) is 0 Å². The molecule has 0 aromatic rings. The van der Waals surface area contributed by atoms with Crippen LogP contribution in [0.15, 0.2) is 0 Å². The highest BCUT2D eigenvalue weighted by Crippen LogP contribution is 2.28. The highest BCUT2D eigenvalue weighted by Gasteiger charge is 2.32. The molecule has 0 aromatic heterocycles. The number of hydrogen-bond acceptors (Lipinski definition) is 3. The summed E-state index contributed by atoms with van der Waals surface area (Å²) < 4.78 is 5.64. The molecule has 4 nitrogen and oxygen atoms in total. The van der Waals surface area contributed by atoms with Crippen molar-refractivity contribution in [1.29, 1.82) is 0 Å². The number of amides is 1. The second-order valence-electron chi connectivity index (χ2n) is 8.75. The van der Waals surface area contributed by atoms with Gasteiger partial charge in [0.1, 0.15) is 5.60 Å². The van der Waals surface area contributed by atoms with Gasteiger partial charge in [-0.15, -0.1) is 0 Å². The fraction of sp³-hybridized carbons (Fsp3) is 0.947. The van der Waals surface area contributed by atoms with Gasteiger partial charge in [-0.05, 0) is 65.7 Å². The maximum Gasteiger partial charge on any atom is 0.410 e. The second-order valence-corrected chi connectivity index (χ2v) is 8.75. The van der Waals surface area contributed by atoms with Gasteiger partial charge in [0.2, 0.25) is 0 Å². The molecule has 1 heterocycles. The first-order valence-electron chi connectivity index (χ1n) is 9.50. The molecule has 1 amide bonds. The number of ether oxygens (including phenoxy) is 1. The zero-order chi connectivity index (χ0) is 17.0. The minimum absolute atomic E-state index is 0.131. The van der Waals surface area contributed by atoms with E-state index in [0.717, 1.165) is 31.7 Å². The van der Waals surface area contributed by atoms with Crippen LogP contribution in [0.4, 0.5) is 4.79 Å². The van der Waals surface area contributed by atoms with Crippen LogP contribution in [0.1, 0.15) is 79.6 Å². The standard InChI is InChI=1S/C19H36N2O2/c1-14-11-16(12-14)20-15(2)13-17-9-7-6-8-10-21(17)18(22)23-19(3,4)5/h14-17,20H,6-13H2,1-5H3. The fourth-order valence-electron chi connectivity index (χ4n) is 3.90. The van der Waals surface area contributed by atoms with E-state index in [1.165, 1.54) is 25.7 Å². The Kier molecular flexibility index (Phi) is 6.35. The molecule has 2 aliphatic rings. The van der Waals surface area contributed by atoms with E-state index in [1.807, 2.05) is 25.7 Å². The summed E-state index contributed by atoms with van der Waals surface area (Å²) in [5.41, 5.74) is -0.417. The van der Waals surface area contributed by atoms with Gasteiger partial charge in [0.25, 0.3) is 0 Å². The highest BCUT2D eigenvalue weighted by atomic mass is 16.6. The van der Waals surface area contributed by atoms with Crippen LogP contribution in [0.25, 0.3) is 0 Å². The van der Waals surface area contributed by atoms with Crippen LogP contribution in [0, 0.1) is 5.92 Å². The highest BCUT2D eigenvalue weighted by molar-refractivity contribution is 5.68. The summed E-state index contributed by atoms with van der Waals surface area (Å²) in [5, 5.41) is 3.74. The fourth-order valence-corrected chi connectivity index (χ4v) is 3.90. The van der Waals surface area contributed by atoms with Crippen LogP contribution >= 0.6 is 0 Å². The molecule has 1 saturated carbocycles. The van der Waals surface area contributed by atoms with Gasteiger partial charge in [-0.1, -0.05) is 19.8 Å². The van der Waals surface area contributed by atoms with Crippen LogP contribution in [-0.2, 0) is 4.74 Å². The lowest BCUT2D eigenvalue weighted by molar-refractivity contribution is 0.0147. The molecule has 2 unspecified atom stereocenters. The molecule has 0 spiro atoms. The van der Waals surface area contributed by atoms with Crippen molar-refractivity contribution in [1.82, 2.24) is 10.2 Å². The zero-order valence-corrected chi connectivity index (χ0v) is 15.7. The third-order valence-electron chi connectivity index (χ3n) is 5.02. The first-order valence-corrected chi connectivity index (χ1v) is 9.50. The molecule has 1 saturated heterocycles. The van der Waals surface area contributed by atoms with E-state index in [1.54, 1.807) is 0 Å². The van der Waals surface area contributed by atoms with E-state index in [4.69, 9.17) is 4.74 Å². The Morgan fingerprint density at radius 2 is 1.96 bits per heavy atom. The predicted molar refractivity (Wildman–Crippen MR) is 94.6 cm³/mol. The second kappa shape index (κ2) is 7.87. The van der Waals surface area contributed by atoms with E-state index in [-0.39, 0.29) is 6.09 Å². The Morgan fingerprint density at radius 3 is 2.57 bits per heavy atom. The molecule has 0 aromatic carbocycles. The van der Waals surface area contributed by atoms with Crippen molar-refractivity contribution < 1.29 is 9.53 Å². The van der Waals surface area contributed by atoms with Gasteiger partial charge in [0.15, 0.2) is 0 Å². The Balaban J connectivity index is 1.90. The lowest BCUT2D eigenvalue weighted by Crippen LogP contribution is -2.49. The van der Waals surface area contributed by atoms with Crippen molar-refractivity contribution in [3.05, 3.63) is 0 Å². The van der Waals surface area contributed by atoms with Gasteiger partial charge in [-0.3, -0.25) is 0 Å². The molecular weight excluding hydrogens is 288 g/mol. The Labute approximate surface area is 142 Å². The molecule has 134 valence electrons. The largest absolute Gasteiger partial charge is 0.444 e. The summed E-state index contributed by atoms with van der Waals surface area (Å²) in [7, 11) is 0. The maximum absolute atomic E-state index is 12.6. The topological polar surface area (TPSA) is 41.6 Å². The van der Waals surface area contributed by atoms with Crippen LogP contribution in [-0.4, -0.2) is 41.3 Å². The average molecular weight is 325 g/mol. The molecule has 0 bridgehead atoms. The van der Waals surface area contributed by atoms with E-state index >= 15 is 0 Å². The lowest BCUT2D eigenvalue weighted by atomic mass is 9.81. The summed E-state index contributed by atoms with van der Waals surface area (Å²) in [6, 6.07) is 1.45. The van der Waals surface area contributed by atoms with Crippen molar-refractivity contribution >= 4 is 6.09 Å². The van der Waals surface area contributed by atoms with Gasteiger partial charge in [0, 0.05) is 24.7 Å². The summed E-state index contributed by atoms with van der Waals surface area (Å²) in [6.07, 6.45) is 8.13. The van der Waals surface area contributed by atoms with Gasteiger partial charge in [-0.2, -0.15) is 0 Å². The molecule has 2 atom stereocenters. The van der Waals surface area contributed by atoms with Crippen molar-refractivity contribution in [2.24, 2.45) is 5.92 Å². The van der Waals surface area contributed by atoms with Gasteiger partial charge >= 0.3 is 6.09 Å². The summed E-state index contributed by atoms with van der Waals surface area (Å²) in [5.74, 6) is 0.871. The van der Waals surface area contributed by atoms with Crippen LogP contribution in [0.2, 0.25) is 0 Å². The lowest BCUT2D eigenvalue weighted by Gasteiger charge is -2.38. The number of carbonyl (C=O) groups is 1. The third-order valence-corrected chi connectivity index (χ3v) is 5.02. The molecule has 1 N–H and O–H groups in total. The molecular formula is C19H36N2O2. The number of nitrogens with one attached hydrogen (secondary N) is 1. The molecule has 0 radical (unpaired) electrons. The van der Waals surface area contributed by atoms with Crippen LogP contribution < -0.4 is 5.32 Å². The van der Waals surface area contributed by atoms with Crippen LogP contribution in [0.5, 0.6) is 0 Å². The summed E-state index contributed by atoms with van der Waals surface area (Å²) in [6.45, 7) is 11.3. The van der Waals surface area contributed by atoms with Crippen molar-refractivity contribution in [3.63, 3.8) is 0 Å². The summed E-state index contributed by atoms with van der Waals surface area (Å²) >= 11 is 0. The first-order chi connectivity index (χ1) is 10.7. The third kappa shape index (κ3) is 5.98. The number of carbonyl (C=O) groups excluding carboxylic acids is 1. The SMILES string of the molecule is CC1CC(NC(C)CC2CCCCCN2C(=O)OC(C)(C)C)C1. The van der Waals surface area contributed by atoms with E-state index in [2.05, 4.69) is 19.2 Å². The van der Waals surface area contributed by atoms with Crippen LogP contribution in [0.3, 0.4) is 0 Å². The number of hydrogen-bond donors (Lipinski definition) is 1. The zero-order valence-electron chi connectivity index (χ0n) is 15.7.